The van der Waals surface area contributed by atoms with Crippen molar-refractivity contribution in [1.29, 1.82) is 0 Å². The van der Waals surface area contributed by atoms with Crippen LogP contribution in [0.5, 0.6) is 11.5 Å². The Morgan fingerprint density at radius 1 is 0.794 bits per heavy atom. The molecule has 3 N–H and O–H groups in total. The second-order valence-corrected chi connectivity index (χ2v) is 7.26. The molecule has 0 aliphatic heterocycles. The minimum absolute atomic E-state index is 0.137. The minimum atomic E-state index is -0.303. The van der Waals surface area contributed by atoms with Gasteiger partial charge in [-0.2, -0.15) is 0 Å². The van der Waals surface area contributed by atoms with Gasteiger partial charge in [-0.1, -0.05) is 18.2 Å². The molecule has 9 nitrogen and oxygen atoms in total. The van der Waals surface area contributed by atoms with Gasteiger partial charge in [-0.05, 0) is 30.7 Å². The maximum Gasteiger partial charge on any atom is 0.255 e. The molecular weight excluding hydrogens is 436 g/mol. The molecule has 0 unspecified atom stereocenters. The van der Waals surface area contributed by atoms with Crippen LogP contribution >= 0.6 is 0 Å². The van der Waals surface area contributed by atoms with Crippen LogP contribution in [0.25, 0.3) is 0 Å². The molecule has 9 heteroatoms. The Hall–Kier alpha value is -4.40. The second kappa shape index (κ2) is 12.0. The van der Waals surface area contributed by atoms with Crippen LogP contribution in [0.1, 0.15) is 29.6 Å². The van der Waals surface area contributed by atoms with Gasteiger partial charge in [0, 0.05) is 36.7 Å². The summed E-state index contributed by atoms with van der Waals surface area (Å²) in [6.45, 7) is 0. The molecule has 0 radical (unpaired) electrons. The van der Waals surface area contributed by atoms with E-state index >= 15 is 0 Å². The number of nitrogens with one attached hydrogen (secondary N) is 3. The van der Waals surface area contributed by atoms with Crippen molar-refractivity contribution in [2.24, 2.45) is 0 Å². The van der Waals surface area contributed by atoms with Crippen molar-refractivity contribution in [3.8, 4) is 11.5 Å². The zero-order chi connectivity index (χ0) is 24.3. The maximum absolute atomic E-state index is 12.5. The number of pyridine rings is 1. The number of hydrogen-bond acceptors (Lipinski definition) is 6. The average Bonchev–Trinajstić information content (AvgIpc) is 2.85. The van der Waals surface area contributed by atoms with E-state index in [1.54, 1.807) is 60.9 Å². The van der Waals surface area contributed by atoms with Gasteiger partial charge in [-0.3, -0.25) is 19.4 Å². The van der Waals surface area contributed by atoms with E-state index in [1.807, 2.05) is 6.07 Å². The summed E-state index contributed by atoms with van der Waals surface area (Å²) in [6, 6.07) is 15.4. The Balaban J connectivity index is 1.59. The van der Waals surface area contributed by atoms with Crippen LogP contribution in [0.2, 0.25) is 0 Å². The Morgan fingerprint density at radius 2 is 1.41 bits per heavy atom. The molecule has 1 aromatic heterocycles. The zero-order valence-corrected chi connectivity index (χ0v) is 19.0. The van der Waals surface area contributed by atoms with Crippen molar-refractivity contribution in [2.45, 2.75) is 19.3 Å². The molecule has 0 aliphatic carbocycles. The van der Waals surface area contributed by atoms with E-state index in [4.69, 9.17) is 9.47 Å². The highest BCUT2D eigenvalue weighted by Crippen LogP contribution is 2.36. The highest BCUT2D eigenvalue weighted by Gasteiger charge is 2.16. The first-order valence-corrected chi connectivity index (χ1v) is 10.6. The van der Waals surface area contributed by atoms with E-state index < -0.39 is 0 Å². The van der Waals surface area contributed by atoms with Crippen molar-refractivity contribution in [1.82, 2.24) is 4.98 Å². The highest BCUT2D eigenvalue weighted by molar-refractivity contribution is 6.05. The summed E-state index contributed by atoms with van der Waals surface area (Å²) in [6.07, 6.45) is 3.86. The van der Waals surface area contributed by atoms with Crippen LogP contribution < -0.4 is 25.4 Å². The Bertz CT molecular complexity index is 1140. The quantitative estimate of drug-likeness (QED) is 0.417. The van der Waals surface area contributed by atoms with E-state index in [-0.39, 0.29) is 30.6 Å². The van der Waals surface area contributed by atoms with E-state index in [2.05, 4.69) is 20.9 Å². The predicted octanol–water partition coefficient (Wildman–Crippen LogP) is 4.10. The molecule has 0 atom stereocenters. The lowest BCUT2D eigenvalue weighted by atomic mass is 10.1. The lowest BCUT2D eigenvalue weighted by Crippen LogP contribution is -2.16. The highest BCUT2D eigenvalue weighted by atomic mass is 16.5. The van der Waals surface area contributed by atoms with Gasteiger partial charge in [-0.15, -0.1) is 0 Å². The third kappa shape index (κ3) is 6.80. The second-order valence-electron chi connectivity index (χ2n) is 7.26. The number of amides is 3. The lowest BCUT2D eigenvalue weighted by molar-refractivity contribution is -0.117. The molecule has 0 aliphatic rings. The van der Waals surface area contributed by atoms with Gasteiger partial charge in [-0.25, -0.2) is 0 Å². The number of carbonyl (C=O) groups excluding carboxylic acids is 3. The average molecular weight is 463 g/mol. The van der Waals surface area contributed by atoms with Crippen molar-refractivity contribution in [2.75, 3.05) is 30.2 Å². The number of rotatable bonds is 10. The standard InChI is InChI=1S/C25H26N4O5/c1-33-21-15-20(29-25(32)17-8-4-3-5-9-17)22(34-2)14-19(21)28-24(31)12-6-11-23(30)27-18-10-7-13-26-16-18/h3-5,7-10,13-16H,6,11-12H2,1-2H3,(H,27,30)(H,28,31)(H,29,32). The van der Waals surface area contributed by atoms with Crippen LogP contribution in [0.15, 0.2) is 67.0 Å². The fourth-order valence-corrected chi connectivity index (χ4v) is 3.16. The summed E-state index contributed by atoms with van der Waals surface area (Å²) in [5.74, 6) is -0.0699. The van der Waals surface area contributed by atoms with Gasteiger partial charge in [0.1, 0.15) is 11.5 Å². The molecule has 3 rings (SSSR count). The molecule has 34 heavy (non-hydrogen) atoms. The molecule has 3 aromatic rings. The first kappa shape index (κ1) is 24.2. The van der Waals surface area contributed by atoms with Crippen molar-refractivity contribution < 1.29 is 23.9 Å². The van der Waals surface area contributed by atoms with Gasteiger partial charge in [0.2, 0.25) is 11.8 Å². The number of nitrogens with zero attached hydrogens (tertiary/aromatic N) is 1. The molecular formula is C25H26N4O5. The van der Waals surface area contributed by atoms with Gasteiger partial charge in [0.15, 0.2) is 0 Å². The van der Waals surface area contributed by atoms with Gasteiger partial charge in [0.25, 0.3) is 5.91 Å². The van der Waals surface area contributed by atoms with Crippen LogP contribution in [0, 0.1) is 0 Å². The SMILES string of the molecule is COc1cc(NC(=O)c2ccccc2)c(OC)cc1NC(=O)CCCC(=O)Nc1cccnc1. The van der Waals surface area contributed by atoms with Crippen LogP contribution in [-0.2, 0) is 9.59 Å². The van der Waals surface area contributed by atoms with Gasteiger partial charge >= 0.3 is 0 Å². The summed E-state index contributed by atoms with van der Waals surface area (Å²) in [5, 5.41) is 8.30. The molecule has 0 spiro atoms. The fourth-order valence-electron chi connectivity index (χ4n) is 3.16. The zero-order valence-electron chi connectivity index (χ0n) is 19.0. The van der Waals surface area contributed by atoms with Gasteiger partial charge < -0.3 is 25.4 Å². The fraction of sp³-hybridized carbons (Fsp3) is 0.200. The molecule has 0 saturated carbocycles. The number of ether oxygens (including phenoxy) is 2. The number of aromatic nitrogens is 1. The first-order chi connectivity index (χ1) is 16.5. The van der Waals surface area contributed by atoms with Crippen molar-refractivity contribution >= 4 is 34.8 Å². The third-order valence-corrected chi connectivity index (χ3v) is 4.83. The Morgan fingerprint density at radius 3 is 2.00 bits per heavy atom. The molecule has 2 aromatic carbocycles. The van der Waals surface area contributed by atoms with E-state index in [9.17, 15) is 14.4 Å². The summed E-state index contributed by atoms with van der Waals surface area (Å²) in [5.41, 5.74) is 1.89. The lowest BCUT2D eigenvalue weighted by Gasteiger charge is -2.16. The largest absolute Gasteiger partial charge is 0.494 e. The smallest absolute Gasteiger partial charge is 0.255 e. The van der Waals surface area contributed by atoms with Gasteiger partial charge in [0.05, 0.1) is 37.5 Å². The molecule has 0 saturated heterocycles. The molecule has 0 bridgehead atoms. The monoisotopic (exact) mass is 462 g/mol. The number of methoxy groups -OCH3 is 2. The Labute approximate surface area is 197 Å². The number of anilines is 3. The van der Waals surface area contributed by atoms with Crippen LogP contribution in [0.3, 0.4) is 0 Å². The molecule has 1 heterocycles. The first-order valence-electron chi connectivity index (χ1n) is 10.6. The molecule has 3 amide bonds. The summed E-state index contributed by atoms with van der Waals surface area (Å²) < 4.78 is 10.8. The number of carbonyl (C=O) groups is 3. The summed E-state index contributed by atoms with van der Waals surface area (Å²) >= 11 is 0. The van der Waals surface area contributed by atoms with E-state index in [0.29, 0.717) is 40.5 Å². The van der Waals surface area contributed by atoms with E-state index in [0.717, 1.165) is 0 Å². The maximum atomic E-state index is 12.5. The Kier molecular flexibility index (Phi) is 8.56. The van der Waals surface area contributed by atoms with Crippen molar-refractivity contribution in [3.63, 3.8) is 0 Å². The third-order valence-electron chi connectivity index (χ3n) is 4.83. The number of benzene rings is 2. The van der Waals surface area contributed by atoms with E-state index in [1.165, 1.54) is 14.2 Å². The van der Waals surface area contributed by atoms with Crippen LogP contribution in [0.4, 0.5) is 17.1 Å². The predicted molar refractivity (Wildman–Crippen MR) is 129 cm³/mol. The topological polar surface area (TPSA) is 119 Å². The summed E-state index contributed by atoms with van der Waals surface area (Å²) in [7, 11) is 2.93. The van der Waals surface area contributed by atoms with Crippen molar-refractivity contribution in [3.05, 3.63) is 72.6 Å². The summed E-state index contributed by atoms with van der Waals surface area (Å²) in [4.78, 5) is 40.9. The normalized spacial score (nSPS) is 10.2. The van der Waals surface area contributed by atoms with Crippen LogP contribution in [-0.4, -0.2) is 36.9 Å². The molecule has 0 fully saturated rings. The molecule has 176 valence electrons. The minimum Gasteiger partial charge on any atom is -0.494 e. The number of hydrogen-bond donors (Lipinski definition) is 3.